The largest absolute Gasteiger partial charge is 0.409 e. The monoisotopic (exact) mass is 263 g/mol. The van der Waals surface area contributed by atoms with E-state index in [0.717, 1.165) is 17.7 Å². The second-order valence-corrected chi connectivity index (χ2v) is 4.68. The number of hydrogen-bond donors (Lipinski definition) is 3. The lowest BCUT2D eigenvalue weighted by atomic mass is 9.85. The van der Waals surface area contributed by atoms with Crippen molar-refractivity contribution in [3.05, 3.63) is 29.8 Å². The SMILES string of the molecule is CCc1cccc(NC(=O)C(C)(CC)/C(N)=N/O)c1. The Morgan fingerprint density at radius 2 is 2.16 bits per heavy atom. The first-order chi connectivity index (χ1) is 8.97. The Kier molecular flexibility index (Phi) is 4.92. The lowest BCUT2D eigenvalue weighted by Crippen LogP contribution is -2.44. The number of carbonyl (C=O) groups is 1. The highest BCUT2D eigenvalue weighted by molar-refractivity contribution is 6.11. The van der Waals surface area contributed by atoms with Crippen LogP contribution in [0.5, 0.6) is 0 Å². The Bertz CT molecular complexity index is 485. The molecule has 0 radical (unpaired) electrons. The van der Waals surface area contributed by atoms with E-state index < -0.39 is 5.41 Å². The Morgan fingerprint density at radius 3 is 2.68 bits per heavy atom. The van der Waals surface area contributed by atoms with E-state index in [2.05, 4.69) is 10.5 Å². The number of amides is 1. The fraction of sp³-hybridized carbons (Fsp3) is 0.429. The highest BCUT2D eigenvalue weighted by atomic mass is 16.4. The fourth-order valence-electron chi connectivity index (χ4n) is 1.71. The van der Waals surface area contributed by atoms with Crippen LogP contribution < -0.4 is 11.1 Å². The molecule has 104 valence electrons. The van der Waals surface area contributed by atoms with Gasteiger partial charge >= 0.3 is 0 Å². The number of nitrogens with one attached hydrogen (secondary N) is 1. The highest BCUT2D eigenvalue weighted by Crippen LogP contribution is 2.24. The van der Waals surface area contributed by atoms with Crippen molar-refractivity contribution < 1.29 is 10.0 Å². The Hall–Kier alpha value is -2.04. The van der Waals surface area contributed by atoms with E-state index in [1.54, 1.807) is 6.92 Å². The minimum absolute atomic E-state index is 0.0841. The molecule has 0 bridgehead atoms. The Labute approximate surface area is 113 Å². The molecule has 4 N–H and O–H groups in total. The number of aryl methyl sites for hydroxylation is 1. The molecule has 1 aromatic carbocycles. The molecule has 0 fully saturated rings. The molecule has 0 saturated carbocycles. The third-order valence-electron chi connectivity index (χ3n) is 3.47. The summed E-state index contributed by atoms with van der Waals surface area (Å²) in [7, 11) is 0. The summed E-state index contributed by atoms with van der Waals surface area (Å²) in [4.78, 5) is 12.3. The summed E-state index contributed by atoms with van der Waals surface area (Å²) in [6, 6.07) is 7.62. The van der Waals surface area contributed by atoms with Gasteiger partial charge in [-0.3, -0.25) is 4.79 Å². The zero-order valence-corrected chi connectivity index (χ0v) is 11.6. The van der Waals surface area contributed by atoms with Crippen molar-refractivity contribution in [3.8, 4) is 0 Å². The summed E-state index contributed by atoms with van der Waals surface area (Å²) in [5.74, 6) is -0.363. The minimum Gasteiger partial charge on any atom is -0.409 e. The van der Waals surface area contributed by atoms with Crippen LogP contribution in [-0.4, -0.2) is 17.0 Å². The summed E-state index contributed by atoms with van der Waals surface area (Å²) in [5.41, 5.74) is 6.45. The summed E-state index contributed by atoms with van der Waals surface area (Å²) >= 11 is 0. The van der Waals surface area contributed by atoms with Gasteiger partial charge in [0.2, 0.25) is 5.91 Å². The minimum atomic E-state index is -1.02. The Morgan fingerprint density at radius 1 is 1.47 bits per heavy atom. The third-order valence-corrected chi connectivity index (χ3v) is 3.47. The maximum atomic E-state index is 12.3. The van der Waals surface area contributed by atoms with Crippen LogP contribution >= 0.6 is 0 Å². The highest BCUT2D eigenvalue weighted by Gasteiger charge is 2.36. The molecule has 0 saturated heterocycles. The van der Waals surface area contributed by atoms with E-state index in [-0.39, 0.29) is 11.7 Å². The number of benzene rings is 1. The molecule has 1 rings (SSSR count). The molecule has 5 heteroatoms. The molecule has 0 spiro atoms. The number of carbonyl (C=O) groups excluding carboxylic acids is 1. The van der Waals surface area contributed by atoms with Crippen molar-refractivity contribution >= 4 is 17.4 Å². The molecule has 1 unspecified atom stereocenters. The van der Waals surface area contributed by atoms with Gasteiger partial charge < -0.3 is 16.3 Å². The number of nitrogens with two attached hydrogens (primary N) is 1. The van der Waals surface area contributed by atoms with Gasteiger partial charge in [0.05, 0.1) is 0 Å². The average molecular weight is 263 g/mol. The van der Waals surface area contributed by atoms with Crippen LogP contribution in [0, 0.1) is 5.41 Å². The third kappa shape index (κ3) is 3.24. The molecule has 5 nitrogen and oxygen atoms in total. The number of anilines is 1. The molecule has 0 aliphatic carbocycles. The molecule has 0 aliphatic heterocycles. The maximum Gasteiger partial charge on any atom is 0.238 e. The lowest BCUT2D eigenvalue weighted by Gasteiger charge is -2.25. The maximum absolute atomic E-state index is 12.3. The zero-order chi connectivity index (χ0) is 14.5. The van der Waals surface area contributed by atoms with Gasteiger partial charge in [0.15, 0.2) is 5.84 Å². The summed E-state index contributed by atoms with van der Waals surface area (Å²) < 4.78 is 0. The van der Waals surface area contributed by atoms with Crippen LogP contribution in [0.25, 0.3) is 0 Å². The predicted octanol–water partition coefficient (Wildman–Crippen LogP) is 2.35. The lowest BCUT2D eigenvalue weighted by molar-refractivity contribution is -0.121. The van der Waals surface area contributed by atoms with Crippen LogP contribution in [-0.2, 0) is 11.2 Å². The van der Waals surface area contributed by atoms with E-state index in [0.29, 0.717) is 6.42 Å². The van der Waals surface area contributed by atoms with E-state index in [1.807, 2.05) is 38.1 Å². The first-order valence-corrected chi connectivity index (χ1v) is 6.36. The Balaban J connectivity index is 2.94. The van der Waals surface area contributed by atoms with Crippen molar-refractivity contribution in [1.29, 1.82) is 0 Å². The molecule has 0 aromatic heterocycles. The van der Waals surface area contributed by atoms with Crippen LogP contribution in [0.15, 0.2) is 29.4 Å². The fourth-order valence-corrected chi connectivity index (χ4v) is 1.71. The topological polar surface area (TPSA) is 87.7 Å². The summed E-state index contributed by atoms with van der Waals surface area (Å²) in [5, 5.41) is 14.6. The van der Waals surface area contributed by atoms with Crippen LogP contribution in [0.1, 0.15) is 32.8 Å². The van der Waals surface area contributed by atoms with Gasteiger partial charge in [-0.25, -0.2) is 0 Å². The van der Waals surface area contributed by atoms with E-state index in [9.17, 15) is 4.79 Å². The molecular weight excluding hydrogens is 242 g/mol. The average Bonchev–Trinajstić information content (AvgIpc) is 2.45. The second-order valence-electron chi connectivity index (χ2n) is 4.68. The van der Waals surface area contributed by atoms with Crippen LogP contribution in [0.4, 0.5) is 5.69 Å². The van der Waals surface area contributed by atoms with E-state index >= 15 is 0 Å². The van der Waals surface area contributed by atoms with Gasteiger partial charge in [0, 0.05) is 5.69 Å². The second kappa shape index (κ2) is 6.22. The van der Waals surface area contributed by atoms with E-state index in [4.69, 9.17) is 10.9 Å². The van der Waals surface area contributed by atoms with Crippen molar-refractivity contribution in [2.45, 2.75) is 33.6 Å². The van der Waals surface area contributed by atoms with Crippen molar-refractivity contribution in [3.63, 3.8) is 0 Å². The van der Waals surface area contributed by atoms with Crippen LogP contribution in [0.2, 0.25) is 0 Å². The van der Waals surface area contributed by atoms with Crippen molar-refractivity contribution in [2.75, 3.05) is 5.32 Å². The zero-order valence-electron chi connectivity index (χ0n) is 11.6. The first-order valence-electron chi connectivity index (χ1n) is 6.36. The number of amidine groups is 1. The molecule has 19 heavy (non-hydrogen) atoms. The van der Waals surface area contributed by atoms with Gasteiger partial charge in [-0.15, -0.1) is 0 Å². The molecular formula is C14H21N3O2. The molecule has 1 amide bonds. The van der Waals surface area contributed by atoms with Gasteiger partial charge in [-0.1, -0.05) is 31.1 Å². The predicted molar refractivity (Wildman–Crippen MR) is 76.3 cm³/mol. The first kappa shape index (κ1) is 15.0. The van der Waals surface area contributed by atoms with E-state index in [1.165, 1.54) is 0 Å². The summed E-state index contributed by atoms with van der Waals surface area (Å²) in [6.07, 6.45) is 1.34. The van der Waals surface area contributed by atoms with Gasteiger partial charge in [-0.05, 0) is 37.5 Å². The smallest absolute Gasteiger partial charge is 0.238 e. The quantitative estimate of drug-likeness (QED) is 0.330. The number of oxime groups is 1. The standard InChI is InChI=1S/C14H21N3O2/c1-4-10-7-6-8-11(9-10)16-13(18)14(3,5-2)12(15)17-19/h6-9,19H,4-5H2,1-3H3,(H2,15,17)(H,16,18). The molecule has 0 heterocycles. The normalized spacial score (nSPS) is 14.8. The van der Waals surface area contributed by atoms with Gasteiger partial charge in [-0.2, -0.15) is 0 Å². The molecule has 1 aromatic rings. The van der Waals surface area contributed by atoms with Crippen LogP contribution in [0.3, 0.4) is 0 Å². The molecule has 1 atom stereocenters. The molecule has 0 aliphatic rings. The number of rotatable bonds is 5. The van der Waals surface area contributed by atoms with Gasteiger partial charge in [0.1, 0.15) is 5.41 Å². The summed E-state index contributed by atoms with van der Waals surface area (Å²) in [6.45, 7) is 5.52. The van der Waals surface area contributed by atoms with Crippen molar-refractivity contribution in [2.24, 2.45) is 16.3 Å². The number of nitrogens with zero attached hydrogens (tertiary/aromatic N) is 1. The van der Waals surface area contributed by atoms with Gasteiger partial charge in [0.25, 0.3) is 0 Å². The number of hydrogen-bond acceptors (Lipinski definition) is 3. The van der Waals surface area contributed by atoms with Crippen molar-refractivity contribution in [1.82, 2.24) is 0 Å².